The van der Waals surface area contributed by atoms with Gasteiger partial charge in [-0.2, -0.15) is 0 Å². The summed E-state index contributed by atoms with van der Waals surface area (Å²) in [6, 6.07) is 20.8. The van der Waals surface area contributed by atoms with E-state index in [9.17, 15) is 4.79 Å². The predicted octanol–water partition coefficient (Wildman–Crippen LogP) is 6.63. The van der Waals surface area contributed by atoms with Crippen LogP contribution in [0.4, 0.5) is 5.69 Å². The normalized spacial score (nSPS) is 11.1. The van der Waals surface area contributed by atoms with Gasteiger partial charge < -0.3 is 9.73 Å². The Morgan fingerprint density at radius 2 is 1.71 bits per heavy atom. The smallest absolute Gasteiger partial charge is 0.255 e. The summed E-state index contributed by atoms with van der Waals surface area (Å²) in [5.74, 6) is 0.864. The second-order valence-electron chi connectivity index (χ2n) is 6.94. The molecule has 3 aromatic carbocycles. The van der Waals surface area contributed by atoms with Crippen LogP contribution in [0.1, 0.15) is 35.7 Å². The Morgan fingerprint density at radius 3 is 2.39 bits per heavy atom. The number of nitrogens with zero attached hydrogens (tertiary/aromatic N) is 1. The van der Waals surface area contributed by atoms with Crippen molar-refractivity contribution in [2.45, 2.75) is 19.8 Å². The number of carbonyl (C=O) groups excluding carboxylic acids is 1. The molecule has 1 N–H and O–H groups in total. The minimum Gasteiger partial charge on any atom is -0.436 e. The van der Waals surface area contributed by atoms with E-state index in [0.717, 1.165) is 26.8 Å². The van der Waals surface area contributed by atoms with E-state index in [2.05, 4.69) is 52.2 Å². The van der Waals surface area contributed by atoms with Gasteiger partial charge in [-0.1, -0.05) is 35.8 Å². The molecule has 0 unspecified atom stereocenters. The maximum absolute atomic E-state index is 12.3. The Hall–Kier alpha value is -2.92. The van der Waals surface area contributed by atoms with E-state index >= 15 is 0 Å². The van der Waals surface area contributed by atoms with E-state index < -0.39 is 0 Å². The molecule has 0 radical (unpaired) electrons. The molecule has 0 aliphatic rings. The summed E-state index contributed by atoms with van der Waals surface area (Å²) in [6.45, 7) is 4.31. The van der Waals surface area contributed by atoms with Crippen molar-refractivity contribution in [2.75, 3.05) is 5.32 Å². The zero-order chi connectivity index (χ0) is 19.7. The number of hydrogen-bond acceptors (Lipinski definition) is 3. The highest BCUT2D eigenvalue weighted by molar-refractivity contribution is 9.10. The van der Waals surface area contributed by atoms with Crippen LogP contribution in [0.2, 0.25) is 0 Å². The molecule has 0 atom stereocenters. The number of hydrogen-bond donors (Lipinski definition) is 1. The summed E-state index contributed by atoms with van der Waals surface area (Å²) >= 11 is 3.37. The Balaban J connectivity index is 1.53. The molecule has 1 heterocycles. The van der Waals surface area contributed by atoms with Gasteiger partial charge >= 0.3 is 0 Å². The average Bonchev–Trinajstić information content (AvgIpc) is 3.12. The van der Waals surface area contributed by atoms with E-state index in [1.54, 1.807) is 12.1 Å². The van der Waals surface area contributed by atoms with Crippen LogP contribution in [-0.2, 0) is 0 Å². The fourth-order valence-electron chi connectivity index (χ4n) is 2.93. The first kappa shape index (κ1) is 18.4. The maximum Gasteiger partial charge on any atom is 0.255 e. The third kappa shape index (κ3) is 3.85. The fraction of sp³-hybridized carbons (Fsp3) is 0.130. The Labute approximate surface area is 171 Å². The monoisotopic (exact) mass is 434 g/mol. The molecule has 4 rings (SSSR count). The molecule has 0 bridgehead atoms. The molecule has 4 aromatic rings. The molecule has 1 amide bonds. The number of carbonyl (C=O) groups is 1. The third-order valence-corrected chi connectivity index (χ3v) is 5.10. The van der Waals surface area contributed by atoms with Gasteiger partial charge in [0.25, 0.3) is 5.91 Å². The highest BCUT2D eigenvalue weighted by atomic mass is 79.9. The topological polar surface area (TPSA) is 55.1 Å². The van der Waals surface area contributed by atoms with Crippen LogP contribution >= 0.6 is 15.9 Å². The van der Waals surface area contributed by atoms with Crippen LogP contribution in [0, 0.1) is 0 Å². The molecule has 5 heteroatoms. The summed E-state index contributed by atoms with van der Waals surface area (Å²) in [5, 5.41) is 2.90. The number of nitrogens with one attached hydrogen (secondary N) is 1. The van der Waals surface area contributed by atoms with Crippen molar-refractivity contribution in [1.29, 1.82) is 0 Å². The predicted molar refractivity (Wildman–Crippen MR) is 116 cm³/mol. The Kier molecular flexibility index (Phi) is 5.01. The average molecular weight is 435 g/mol. The third-order valence-electron chi connectivity index (χ3n) is 4.57. The number of aromatic nitrogens is 1. The molecule has 1 aromatic heterocycles. The van der Waals surface area contributed by atoms with Gasteiger partial charge in [0.2, 0.25) is 5.89 Å². The molecule has 0 saturated carbocycles. The van der Waals surface area contributed by atoms with Crippen molar-refractivity contribution >= 4 is 38.6 Å². The number of amides is 1. The number of fused-ring (bicyclic) bond motifs is 1. The zero-order valence-corrected chi connectivity index (χ0v) is 17.2. The molecule has 0 spiro atoms. The first-order valence-corrected chi connectivity index (χ1v) is 9.87. The van der Waals surface area contributed by atoms with Crippen molar-refractivity contribution in [3.63, 3.8) is 0 Å². The van der Waals surface area contributed by atoms with Gasteiger partial charge in [0, 0.05) is 21.3 Å². The number of halogens is 1. The second-order valence-corrected chi connectivity index (χ2v) is 7.85. The minimum atomic E-state index is -0.150. The lowest BCUT2D eigenvalue weighted by Crippen LogP contribution is -2.11. The van der Waals surface area contributed by atoms with Gasteiger partial charge in [-0.25, -0.2) is 4.98 Å². The van der Waals surface area contributed by atoms with Crippen LogP contribution in [0.15, 0.2) is 75.6 Å². The van der Waals surface area contributed by atoms with Crippen molar-refractivity contribution in [3.8, 4) is 11.5 Å². The van der Waals surface area contributed by atoms with Gasteiger partial charge in [0.05, 0.1) is 0 Å². The zero-order valence-electron chi connectivity index (χ0n) is 15.6. The van der Waals surface area contributed by atoms with Gasteiger partial charge in [0.15, 0.2) is 5.58 Å². The Bertz CT molecular complexity index is 1130. The second kappa shape index (κ2) is 7.60. The summed E-state index contributed by atoms with van der Waals surface area (Å²) in [5.41, 5.74) is 5.05. The molecule has 0 saturated heterocycles. The quantitative estimate of drug-likeness (QED) is 0.391. The number of oxazole rings is 1. The number of anilines is 1. The molecule has 140 valence electrons. The summed E-state index contributed by atoms with van der Waals surface area (Å²) in [4.78, 5) is 16.9. The standard InChI is InChI=1S/C23H19BrN2O2/c1-14(2)17-7-12-21-20(13-17)26-23(28-21)16-5-10-19(11-6-16)25-22(27)15-3-8-18(24)9-4-15/h3-14H,1-2H3,(H,25,27). The molecule has 0 aliphatic heterocycles. The highest BCUT2D eigenvalue weighted by Gasteiger charge is 2.11. The van der Waals surface area contributed by atoms with Crippen molar-refractivity contribution in [1.82, 2.24) is 4.98 Å². The lowest BCUT2D eigenvalue weighted by Gasteiger charge is -2.06. The molecule has 4 nitrogen and oxygen atoms in total. The van der Waals surface area contributed by atoms with Crippen LogP contribution in [0.3, 0.4) is 0 Å². The van der Waals surface area contributed by atoms with E-state index in [1.165, 1.54) is 5.56 Å². The lowest BCUT2D eigenvalue weighted by atomic mass is 10.0. The van der Waals surface area contributed by atoms with Crippen LogP contribution in [0.5, 0.6) is 0 Å². The first-order valence-electron chi connectivity index (χ1n) is 9.07. The lowest BCUT2D eigenvalue weighted by molar-refractivity contribution is 0.102. The number of benzene rings is 3. The van der Waals surface area contributed by atoms with E-state index in [-0.39, 0.29) is 5.91 Å². The molecule has 0 fully saturated rings. The molecular formula is C23H19BrN2O2. The van der Waals surface area contributed by atoms with Crippen molar-refractivity contribution in [2.24, 2.45) is 0 Å². The maximum atomic E-state index is 12.3. The van der Waals surface area contributed by atoms with Crippen LogP contribution in [-0.4, -0.2) is 10.9 Å². The minimum absolute atomic E-state index is 0.150. The fourth-order valence-corrected chi connectivity index (χ4v) is 3.19. The van der Waals surface area contributed by atoms with Gasteiger partial charge in [-0.3, -0.25) is 4.79 Å². The van der Waals surface area contributed by atoms with E-state index in [0.29, 0.717) is 17.4 Å². The number of rotatable bonds is 4. The van der Waals surface area contributed by atoms with Gasteiger partial charge in [0.1, 0.15) is 5.52 Å². The SMILES string of the molecule is CC(C)c1ccc2oc(-c3ccc(NC(=O)c4ccc(Br)cc4)cc3)nc2c1. The molecular weight excluding hydrogens is 416 g/mol. The van der Waals surface area contributed by atoms with E-state index in [1.807, 2.05) is 42.5 Å². The summed E-state index contributed by atoms with van der Waals surface area (Å²) in [6.07, 6.45) is 0. The van der Waals surface area contributed by atoms with Crippen molar-refractivity contribution in [3.05, 3.63) is 82.3 Å². The first-order chi connectivity index (χ1) is 13.5. The molecule has 0 aliphatic carbocycles. The van der Waals surface area contributed by atoms with E-state index in [4.69, 9.17) is 4.42 Å². The van der Waals surface area contributed by atoms with Crippen LogP contribution < -0.4 is 5.32 Å². The van der Waals surface area contributed by atoms with Crippen LogP contribution in [0.25, 0.3) is 22.6 Å². The summed E-state index contributed by atoms with van der Waals surface area (Å²) in [7, 11) is 0. The summed E-state index contributed by atoms with van der Waals surface area (Å²) < 4.78 is 6.82. The van der Waals surface area contributed by atoms with Gasteiger partial charge in [-0.15, -0.1) is 0 Å². The largest absolute Gasteiger partial charge is 0.436 e. The highest BCUT2D eigenvalue weighted by Crippen LogP contribution is 2.27. The molecule has 28 heavy (non-hydrogen) atoms. The van der Waals surface area contributed by atoms with Crippen molar-refractivity contribution < 1.29 is 9.21 Å². The Morgan fingerprint density at radius 1 is 1.00 bits per heavy atom. The van der Waals surface area contributed by atoms with Gasteiger partial charge in [-0.05, 0) is 72.1 Å².